The number of unbranched alkanes of at least 4 members (excludes halogenated alkanes) is 13. The standard InChI is InChI=1S/C20H44NO2.C7H6O3/c1-5-7-8-9-10-11-12-13-14-15-16-17-18-19-20-21(6-2,22-3)23-4;8-6-4-2-1-3-5(6)7(9)10/h5-20H2,1-4H3;1-4,8H,(H,9,10)/q+1;/p-1. The Bertz CT molecular complexity index is 581. The van der Waals surface area contributed by atoms with Crippen molar-refractivity contribution in [1.82, 2.24) is 0 Å². The van der Waals surface area contributed by atoms with E-state index in [1.807, 2.05) is 0 Å². The third kappa shape index (κ3) is 15.8. The number of hydrogen-bond acceptors (Lipinski definition) is 5. The number of quaternary nitrogens is 1. The van der Waals surface area contributed by atoms with E-state index in [9.17, 15) is 9.90 Å². The first-order valence-electron chi connectivity index (χ1n) is 12.9. The van der Waals surface area contributed by atoms with E-state index in [0.717, 1.165) is 13.1 Å². The van der Waals surface area contributed by atoms with Crippen LogP contribution in [-0.4, -0.2) is 43.2 Å². The zero-order valence-electron chi connectivity index (χ0n) is 21.7. The van der Waals surface area contributed by atoms with Crippen LogP contribution in [0.2, 0.25) is 0 Å². The molecule has 33 heavy (non-hydrogen) atoms. The van der Waals surface area contributed by atoms with Crippen molar-refractivity contribution in [2.75, 3.05) is 27.3 Å². The second-order valence-electron chi connectivity index (χ2n) is 8.62. The van der Waals surface area contributed by atoms with Gasteiger partial charge in [0.05, 0.1) is 20.2 Å². The van der Waals surface area contributed by atoms with Crippen molar-refractivity contribution < 1.29 is 29.5 Å². The maximum absolute atomic E-state index is 10.2. The summed E-state index contributed by atoms with van der Waals surface area (Å²) >= 11 is 0. The summed E-state index contributed by atoms with van der Waals surface area (Å²) in [5.41, 5.74) is -0.178. The van der Waals surface area contributed by atoms with Crippen molar-refractivity contribution in [2.45, 2.75) is 104 Å². The summed E-state index contributed by atoms with van der Waals surface area (Å²) in [7, 11) is 3.47. The third-order valence-corrected chi connectivity index (χ3v) is 6.12. The maximum Gasteiger partial charge on any atom is 0.142 e. The molecule has 6 nitrogen and oxygen atoms in total. The maximum atomic E-state index is 10.2. The number of aromatic carboxylic acids is 1. The van der Waals surface area contributed by atoms with E-state index in [2.05, 4.69) is 13.8 Å². The molecule has 0 atom stereocenters. The van der Waals surface area contributed by atoms with Gasteiger partial charge in [-0.15, -0.1) is 0 Å². The highest BCUT2D eigenvalue weighted by Gasteiger charge is 2.25. The molecule has 192 valence electrons. The van der Waals surface area contributed by atoms with Gasteiger partial charge in [-0.05, 0) is 30.3 Å². The molecule has 0 fully saturated rings. The van der Waals surface area contributed by atoms with Crippen molar-refractivity contribution in [2.24, 2.45) is 0 Å². The second-order valence-corrected chi connectivity index (χ2v) is 8.62. The number of rotatable bonds is 19. The highest BCUT2D eigenvalue weighted by atomic mass is 17.0. The zero-order chi connectivity index (χ0) is 24.8. The number of aromatic hydroxyl groups is 1. The third-order valence-electron chi connectivity index (χ3n) is 6.12. The number of carbonyl (C=O) groups is 1. The molecule has 1 rings (SSSR count). The zero-order valence-corrected chi connectivity index (χ0v) is 21.7. The Labute approximate surface area is 202 Å². The summed E-state index contributed by atoms with van der Waals surface area (Å²) in [4.78, 5) is 21.4. The van der Waals surface area contributed by atoms with E-state index in [0.29, 0.717) is 4.81 Å². The fourth-order valence-electron chi connectivity index (χ4n) is 3.87. The van der Waals surface area contributed by atoms with Gasteiger partial charge in [0, 0.05) is 12.0 Å². The molecule has 0 aromatic heterocycles. The van der Waals surface area contributed by atoms with Crippen molar-refractivity contribution in [3.63, 3.8) is 0 Å². The number of para-hydroxylation sites is 1. The molecular formula is C27H49NO5. The summed E-state index contributed by atoms with van der Waals surface area (Å²) in [6.07, 6.45) is 19.6. The second kappa shape index (κ2) is 20.9. The first-order chi connectivity index (χ1) is 16.0. The van der Waals surface area contributed by atoms with Crippen LogP contribution in [0.15, 0.2) is 24.3 Å². The minimum absolute atomic E-state index is 0.178. The smallest absolute Gasteiger partial charge is 0.142 e. The Kier molecular flexibility index (Phi) is 19.9. The topological polar surface area (TPSA) is 78.8 Å². The van der Waals surface area contributed by atoms with Crippen LogP contribution in [0.4, 0.5) is 0 Å². The van der Waals surface area contributed by atoms with E-state index >= 15 is 0 Å². The van der Waals surface area contributed by atoms with Gasteiger partial charge in [0.2, 0.25) is 0 Å². The SMILES string of the molecule is CCCCCCCCCCCCCCCC[N+](CC)(OC)OC.O=C([O-])c1ccccc1O. The average molecular weight is 468 g/mol. The van der Waals surface area contributed by atoms with Gasteiger partial charge in [-0.3, -0.25) is 0 Å². The van der Waals surface area contributed by atoms with Gasteiger partial charge < -0.3 is 15.0 Å². The van der Waals surface area contributed by atoms with Gasteiger partial charge >= 0.3 is 0 Å². The number of nitrogens with zero attached hydrogens (tertiary/aromatic N) is 1. The predicted molar refractivity (Wildman–Crippen MR) is 132 cm³/mol. The molecular weight excluding hydrogens is 418 g/mol. The number of benzene rings is 1. The highest BCUT2D eigenvalue weighted by molar-refractivity contribution is 5.88. The number of hydroxylamine groups is 4. The number of hydrogen-bond donors (Lipinski definition) is 1. The van der Waals surface area contributed by atoms with Gasteiger partial charge in [-0.2, -0.15) is 9.68 Å². The van der Waals surface area contributed by atoms with E-state index in [4.69, 9.17) is 14.8 Å². The lowest BCUT2D eigenvalue weighted by Gasteiger charge is -2.28. The van der Waals surface area contributed by atoms with Crippen LogP contribution < -0.4 is 5.11 Å². The predicted octanol–water partition coefficient (Wildman–Crippen LogP) is 6.18. The molecule has 0 saturated carbocycles. The molecule has 1 aromatic carbocycles. The molecule has 1 N–H and O–H groups in total. The van der Waals surface area contributed by atoms with Gasteiger partial charge in [0.15, 0.2) is 0 Å². The van der Waals surface area contributed by atoms with Gasteiger partial charge in [-0.1, -0.05) is 96.1 Å². The van der Waals surface area contributed by atoms with Gasteiger partial charge in [0.1, 0.15) is 18.8 Å². The van der Waals surface area contributed by atoms with E-state index in [1.54, 1.807) is 20.3 Å². The Hall–Kier alpha value is -1.63. The largest absolute Gasteiger partial charge is 0.545 e. The van der Waals surface area contributed by atoms with Crippen LogP contribution in [0.3, 0.4) is 0 Å². The molecule has 0 radical (unpaired) electrons. The molecule has 0 spiro atoms. The lowest BCUT2D eigenvalue weighted by molar-refractivity contribution is -1.24. The summed E-state index contributed by atoms with van der Waals surface area (Å²) in [6.45, 7) is 6.22. The number of carbonyl (C=O) groups excluding carboxylic acids is 1. The highest BCUT2D eigenvalue weighted by Crippen LogP contribution is 2.15. The normalized spacial score (nSPS) is 11.2. The molecule has 0 amide bonds. The van der Waals surface area contributed by atoms with Crippen LogP contribution in [0.5, 0.6) is 5.75 Å². The van der Waals surface area contributed by atoms with Crippen molar-refractivity contribution in [3.8, 4) is 5.75 Å². The van der Waals surface area contributed by atoms with Crippen LogP contribution in [0, 0.1) is 0 Å². The van der Waals surface area contributed by atoms with Crippen molar-refractivity contribution >= 4 is 5.97 Å². The van der Waals surface area contributed by atoms with Crippen LogP contribution in [0.1, 0.15) is 114 Å². The molecule has 0 aliphatic carbocycles. The molecule has 0 aliphatic rings. The Morgan fingerprint density at radius 2 is 1.21 bits per heavy atom. The molecule has 0 aliphatic heterocycles. The fraction of sp³-hybridized carbons (Fsp3) is 0.741. The molecule has 0 saturated heterocycles. The molecule has 1 aromatic rings. The molecule has 0 unspecified atom stereocenters. The van der Waals surface area contributed by atoms with Crippen LogP contribution in [-0.2, 0) is 9.68 Å². The minimum atomic E-state index is -1.36. The minimum Gasteiger partial charge on any atom is -0.545 e. The van der Waals surface area contributed by atoms with Crippen molar-refractivity contribution in [1.29, 1.82) is 0 Å². The average Bonchev–Trinajstić information content (AvgIpc) is 2.83. The summed E-state index contributed by atoms with van der Waals surface area (Å²) in [5, 5.41) is 19.0. The summed E-state index contributed by atoms with van der Waals surface area (Å²) in [5.74, 6) is -1.62. The number of phenols is 1. The quantitative estimate of drug-likeness (QED) is 0.149. The first-order valence-corrected chi connectivity index (χ1v) is 12.9. The van der Waals surface area contributed by atoms with E-state index in [1.165, 1.54) is 108 Å². The number of carboxylic acids is 1. The van der Waals surface area contributed by atoms with Gasteiger partial charge in [0.25, 0.3) is 0 Å². The van der Waals surface area contributed by atoms with E-state index < -0.39 is 5.97 Å². The lowest BCUT2D eigenvalue weighted by Crippen LogP contribution is -2.46. The summed E-state index contributed by atoms with van der Waals surface area (Å²) < 4.78 is 0. The molecule has 0 bridgehead atoms. The monoisotopic (exact) mass is 467 g/mol. The lowest BCUT2D eigenvalue weighted by atomic mass is 10.0. The van der Waals surface area contributed by atoms with Crippen molar-refractivity contribution in [3.05, 3.63) is 29.8 Å². The number of carboxylic acid groups (broad SMARTS) is 1. The van der Waals surface area contributed by atoms with Crippen LogP contribution in [0.25, 0.3) is 0 Å². The Morgan fingerprint density at radius 3 is 1.55 bits per heavy atom. The summed E-state index contributed by atoms with van der Waals surface area (Å²) in [6, 6.07) is 5.64. The Balaban J connectivity index is 0.000000843. The fourth-order valence-corrected chi connectivity index (χ4v) is 3.87. The Morgan fingerprint density at radius 1 is 0.788 bits per heavy atom. The molecule has 0 heterocycles. The molecule has 6 heteroatoms. The van der Waals surface area contributed by atoms with E-state index in [-0.39, 0.29) is 11.3 Å². The first kappa shape index (κ1) is 31.4. The van der Waals surface area contributed by atoms with Crippen LogP contribution >= 0.6 is 0 Å². The van der Waals surface area contributed by atoms with Gasteiger partial charge in [-0.25, -0.2) is 0 Å².